The highest BCUT2D eigenvalue weighted by atomic mass is 79.9. The second-order valence-corrected chi connectivity index (χ2v) is 8.88. The highest BCUT2D eigenvalue weighted by Gasteiger charge is 2.28. The second-order valence-electron chi connectivity index (χ2n) is 7.02. The first-order valence-corrected chi connectivity index (χ1v) is 11.3. The van der Waals surface area contributed by atoms with Crippen molar-refractivity contribution in [2.45, 2.75) is 25.7 Å². The quantitative estimate of drug-likeness (QED) is 0.565. The van der Waals surface area contributed by atoms with Crippen molar-refractivity contribution in [3.8, 4) is 10.7 Å². The molecule has 4 heterocycles. The van der Waals surface area contributed by atoms with Crippen LogP contribution in [0.15, 0.2) is 44.8 Å². The summed E-state index contributed by atoms with van der Waals surface area (Å²) in [6.07, 6.45) is 3.83. The van der Waals surface area contributed by atoms with E-state index in [-0.39, 0.29) is 24.2 Å². The third-order valence-electron chi connectivity index (χ3n) is 4.89. The Balaban J connectivity index is 1.29. The van der Waals surface area contributed by atoms with Crippen molar-refractivity contribution >= 4 is 44.9 Å². The predicted octanol–water partition coefficient (Wildman–Crippen LogP) is 3.77. The Bertz CT molecular complexity index is 1010. The number of rotatable bonds is 6. The number of amides is 2. The first kappa shape index (κ1) is 20.7. The molecule has 1 aliphatic rings. The Morgan fingerprint density at radius 1 is 1.33 bits per heavy atom. The van der Waals surface area contributed by atoms with E-state index in [1.165, 1.54) is 11.3 Å². The van der Waals surface area contributed by atoms with Crippen LogP contribution in [0.25, 0.3) is 10.7 Å². The molecular formula is C20H20BrN5O3S. The molecule has 1 N–H and O–H groups in total. The number of aromatic nitrogens is 3. The molecule has 1 unspecified atom stereocenters. The van der Waals surface area contributed by atoms with Crippen molar-refractivity contribution in [1.82, 2.24) is 20.0 Å². The highest BCUT2D eigenvalue weighted by molar-refractivity contribution is 9.10. The lowest BCUT2D eigenvalue weighted by molar-refractivity contribution is -0.134. The normalized spacial score (nSPS) is 16.4. The van der Waals surface area contributed by atoms with Gasteiger partial charge in [0.05, 0.1) is 10.8 Å². The van der Waals surface area contributed by atoms with Crippen LogP contribution in [0.1, 0.15) is 25.2 Å². The van der Waals surface area contributed by atoms with Gasteiger partial charge in [-0.1, -0.05) is 11.2 Å². The maximum Gasteiger partial charge on any atom is 0.230 e. The topological polar surface area (TPSA) is 101 Å². The van der Waals surface area contributed by atoms with E-state index in [0.717, 1.165) is 22.2 Å². The standard InChI is InChI=1S/C20H20BrN5O3S/c21-14-5-6-16(22-11-14)23-20(28)13-3-1-9-26(12-13)18(27)8-7-17-24-19(25-29-17)15-4-2-10-30-15/h2,4-6,10-11,13H,1,3,7-9,12H2,(H,22,23,28). The lowest BCUT2D eigenvalue weighted by atomic mass is 9.96. The monoisotopic (exact) mass is 489 g/mol. The van der Waals surface area contributed by atoms with Gasteiger partial charge in [0.2, 0.25) is 23.5 Å². The molecule has 0 saturated carbocycles. The molecule has 0 radical (unpaired) electrons. The van der Waals surface area contributed by atoms with Gasteiger partial charge in [-0.05, 0) is 52.4 Å². The molecule has 1 aliphatic heterocycles. The number of piperidine rings is 1. The van der Waals surface area contributed by atoms with Crippen molar-refractivity contribution in [2.24, 2.45) is 5.92 Å². The van der Waals surface area contributed by atoms with Crippen LogP contribution >= 0.6 is 27.3 Å². The van der Waals surface area contributed by atoms with Crippen molar-refractivity contribution in [3.05, 3.63) is 46.2 Å². The van der Waals surface area contributed by atoms with Gasteiger partial charge in [-0.25, -0.2) is 4.98 Å². The number of carbonyl (C=O) groups excluding carboxylic acids is 2. The lowest BCUT2D eigenvalue weighted by Crippen LogP contribution is -2.43. The summed E-state index contributed by atoms with van der Waals surface area (Å²) >= 11 is 4.86. The van der Waals surface area contributed by atoms with Gasteiger partial charge in [0.1, 0.15) is 5.82 Å². The second kappa shape index (κ2) is 9.48. The minimum absolute atomic E-state index is 0.00913. The van der Waals surface area contributed by atoms with E-state index in [9.17, 15) is 9.59 Å². The van der Waals surface area contributed by atoms with E-state index in [1.807, 2.05) is 23.6 Å². The molecule has 10 heteroatoms. The molecule has 2 amide bonds. The van der Waals surface area contributed by atoms with Gasteiger partial charge in [0.25, 0.3) is 0 Å². The molecule has 1 fully saturated rings. The SMILES string of the molecule is O=C(Nc1ccc(Br)cn1)C1CCCN(C(=O)CCc2nc(-c3cccs3)no2)C1. The van der Waals surface area contributed by atoms with E-state index in [0.29, 0.717) is 37.0 Å². The summed E-state index contributed by atoms with van der Waals surface area (Å²) in [6.45, 7) is 1.06. The Kier molecular flexibility index (Phi) is 6.53. The van der Waals surface area contributed by atoms with Crippen LogP contribution in [0.5, 0.6) is 0 Å². The Labute approximate surface area is 185 Å². The zero-order valence-corrected chi connectivity index (χ0v) is 18.5. The molecule has 156 valence electrons. The average Bonchev–Trinajstić information content (AvgIpc) is 3.45. The number of aryl methyl sites for hydroxylation is 1. The number of pyridine rings is 1. The van der Waals surface area contributed by atoms with E-state index in [4.69, 9.17) is 4.52 Å². The van der Waals surface area contributed by atoms with E-state index >= 15 is 0 Å². The van der Waals surface area contributed by atoms with Crippen LogP contribution in [0.4, 0.5) is 5.82 Å². The smallest absolute Gasteiger partial charge is 0.230 e. The fraction of sp³-hybridized carbons (Fsp3) is 0.350. The molecule has 8 nitrogen and oxygen atoms in total. The number of carbonyl (C=O) groups is 2. The third-order valence-corrected chi connectivity index (χ3v) is 6.22. The van der Waals surface area contributed by atoms with Gasteiger partial charge in [-0.2, -0.15) is 4.98 Å². The number of hydrogen-bond acceptors (Lipinski definition) is 7. The van der Waals surface area contributed by atoms with Crippen molar-refractivity contribution in [3.63, 3.8) is 0 Å². The molecule has 0 aromatic carbocycles. The van der Waals surface area contributed by atoms with Gasteiger partial charge in [-0.15, -0.1) is 11.3 Å². The van der Waals surface area contributed by atoms with E-state index in [2.05, 4.69) is 36.4 Å². The first-order valence-electron chi connectivity index (χ1n) is 9.65. The molecule has 3 aromatic rings. The molecule has 0 spiro atoms. The lowest BCUT2D eigenvalue weighted by Gasteiger charge is -2.32. The van der Waals surface area contributed by atoms with E-state index in [1.54, 1.807) is 17.2 Å². The number of hydrogen-bond donors (Lipinski definition) is 1. The third kappa shape index (κ3) is 5.11. The summed E-state index contributed by atoms with van der Waals surface area (Å²) in [7, 11) is 0. The summed E-state index contributed by atoms with van der Waals surface area (Å²) < 4.78 is 6.11. The average molecular weight is 490 g/mol. The minimum atomic E-state index is -0.248. The molecular weight excluding hydrogens is 470 g/mol. The van der Waals surface area contributed by atoms with Crippen LogP contribution in [-0.2, 0) is 16.0 Å². The fourth-order valence-electron chi connectivity index (χ4n) is 3.33. The zero-order valence-electron chi connectivity index (χ0n) is 16.1. The summed E-state index contributed by atoms with van der Waals surface area (Å²) in [5, 5.41) is 8.75. The Morgan fingerprint density at radius 3 is 3.00 bits per heavy atom. The molecule has 3 aromatic heterocycles. The van der Waals surface area contributed by atoms with Crippen LogP contribution in [0.2, 0.25) is 0 Å². The van der Waals surface area contributed by atoms with Crippen LogP contribution in [0, 0.1) is 5.92 Å². The molecule has 0 bridgehead atoms. The van der Waals surface area contributed by atoms with Crippen LogP contribution in [-0.4, -0.2) is 44.9 Å². The summed E-state index contributed by atoms with van der Waals surface area (Å²) in [6, 6.07) is 7.41. The van der Waals surface area contributed by atoms with Crippen LogP contribution < -0.4 is 5.32 Å². The number of nitrogens with zero attached hydrogens (tertiary/aromatic N) is 4. The first-order chi connectivity index (χ1) is 14.6. The van der Waals surface area contributed by atoms with Gasteiger partial charge in [-0.3, -0.25) is 9.59 Å². The molecule has 1 atom stereocenters. The molecule has 4 rings (SSSR count). The predicted molar refractivity (Wildman–Crippen MR) is 116 cm³/mol. The van der Waals surface area contributed by atoms with Crippen molar-refractivity contribution < 1.29 is 14.1 Å². The maximum absolute atomic E-state index is 12.7. The molecule has 1 saturated heterocycles. The number of nitrogens with one attached hydrogen (secondary N) is 1. The van der Waals surface area contributed by atoms with Gasteiger partial charge in [0, 0.05) is 36.6 Å². The molecule has 30 heavy (non-hydrogen) atoms. The number of thiophene rings is 1. The number of likely N-dealkylation sites (tertiary alicyclic amines) is 1. The molecule has 0 aliphatic carbocycles. The van der Waals surface area contributed by atoms with Crippen molar-refractivity contribution in [1.29, 1.82) is 0 Å². The highest BCUT2D eigenvalue weighted by Crippen LogP contribution is 2.22. The summed E-state index contributed by atoms with van der Waals surface area (Å²) in [4.78, 5) is 36.4. The fourth-order valence-corrected chi connectivity index (χ4v) is 4.21. The Hall–Kier alpha value is -2.59. The van der Waals surface area contributed by atoms with Gasteiger partial charge < -0.3 is 14.7 Å². The number of halogens is 1. The van der Waals surface area contributed by atoms with Crippen LogP contribution in [0.3, 0.4) is 0 Å². The largest absolute Gasteiger partial charge is 0.342 e. The van der Waals surface area contributed by atoms with Gasteiger partial charge >= 0.3 is 0 Å². The zero-order chi connectivity index (χ0) is 20.9. The maximum atomic E-state index is 12.7. The van der Waals surface area contributed by atoms with Crippen molar-refractivity contribution in [2.75, 3.05) is 18.4 Å². The summed E-state index contributed by atoms with van der Waals surface area (Å²) in [5.74, 6) is 1.12. The summed E-state index contributed by atoms with van der Waals surface area (Å²) in [5.41, 5.74) is 0. The van der Waals surface area contributed by atoms with E-state index < -0.39 is 0 Å². The number of anilines is 1. The van der Waals surface area contributed by atoms with Gasteiger partial charge in [0.15, 0.2) is 0 Å². The Morgan fingerprint density at radius 2 is 2.23 bits per heavy atom. The minimum Gasteiger partial charge on any atom is -0.342 e.